The Bertz CT molecular complexity index is 889. The molecule has 0 bridgehead atoms. The molecule has 1 heterocycles. The smallest absolute Gasteiger partial charge is 0.310 e. The Labute approximate surface area is 168 Å². The van der Waals surface area contributed by atoms with Crippen molar-refractivity contribution in [1.82, 2.24) is 10.2 Å². The van der Waals surface area contributed by atoms with Crippen molar-refractivity contribution in [3.8, 4) is 0 Å². The summed E-state index contributed by atoms with van der Waals surface area (Å²) in [6, 6.07) is 10.5. The van der Waals surface area contributed by atoms with Gasteiger partial charge in [-0.3, -0.25) is 4.90 Å². The molecule has 3 atom stereocenters. The predicted molar refractivity (Wildman–Crippen MR) is 106 cm³/mol. The van der Waals surface area contributed by atoms with Gasteiger partial charge in [0.25, 0.3) is 0 Å². The lowest BCUT2D eigenvalue weighted by molar-refractivity contribution is -0.137. The summed E-state index contributed by atoms with van der Waals surface area (Å²) in [7, 11) is 2.06. The van der Waals surface area contributed by atoms with Gasteiger partial charge >= 0.3 is 6.18 Å². The zero-order valence-corrected chi connectivity index (χ0v) is 16.9. The number of hydrogen-bond donors (Lipinski definition) is 1. The number of nitrogens with zero attached hydrogens (tertiary/aromatic N) is 1. The monoisotopic (exact) mass is 406 g/mol. The first-order valence-corrected chi connectivity index (χ1v) is 10.00. The molecule has 1 aliphatic carbocycles. The van der Waals surface area contributed by atoms with Crippen LogP contribution < -0.4 is 5.32 Å². The lowest BCUT2D eigenvalue weighted by Gasteiger charge is -2.49. The van der Waals surface area contributed by atoms with E-state index in [2.05, 4.69) is 31.1 Å². The van der Waals surface area contributed by atoms with Crippen LogP contribution in [0.1, 0.15) is 54.4 Å². The molecule has 156 valence electrons. The molecule has 1 N–H and O–H groups in total. The number of benzene rings is 2. The van der Waals surface area contributed by atoms with Gasteiger partial charge in [0.2, 0.25) is 0 Å². The zero-order valence-electron chi connectivity index (χ0n) is 16.9. The Kier molecular flexibility index (Phi) is 4.98. The molecule has 3 unspecified atom stereocenters. The van der Waals surface area contributed by atoms with Gasteiger partial charge in [-0.2, -0.15) is 13.2 Å². The minimum Gasteiger partial charge on any atom is -0.310 e. The highest BCUT2D eigenvalue weighted by molar-refractivity contribution is 5.48. The number of likely N-dealkylation sites (N-methyl/N-ethyl adjacent to an activating group) is 1. The third kappa shape index (κ3) is 3.57. The maximum Gasteiger partial charge on any atom is 0.416 e. The molecule has 2 aliphatic rings. The molecule has 2 aromatic carbocycles. The van der Waals surface area contributed by atoms with E-state index in [-0.39, 0.29) is 29.2 Å². The van der Waals surface area contributed by atoms with Crippen molar-refractivity contribution in [3.05, 3.63) is 70.5 Å². The van der Waals surface area contributed by atoms with Crippen molar-refractivity contribution < 1.29 is 17.6 Å². The van der Waals surface area contributed by atoms with Crippen LogP contribution in [0.5, 0.6) is 0 Å². The standard InChI is InChI=1S/C23H26F4N2/c1-22(2)21(28-10-11-29(22)3)20-13-18(14-4-7-16(24)8-5-14)17-9-6-15(12-19(17)20)23(25,26)27/h4-9,12,18,20-21,28H,10-11,13H2,1-3H3. The van der Waals surface area contributed by atoms with E-state index in [0.717, 1.165) is 29.8 Å². The molecular formula is C23H26F4N2. The largest absolute Gasteiger partial charge is 0.416 e. The molecule has 0 amide bonds. The highest BCUT2D eigenvalue weighted by atomic mass is 19.4. The maximum atomic E-state index is 13.4. The zero-order chi connectivity index (χ0) is 21.0. The highest BCUT2D eigenvalue weighted by Gasteiger charge is 2.46. The minimum atomic E-state index is -4.38. The SMILES string of the molecule is CN1CCNC(C2CC(c3ccc(F)cc3)c3ccc(C(F)(F)F)cc32)C1(C)C. The van der Waals surface area contributed by atoms with Crippen LogP contribution in [0.3, 0.4) is 0 Å². The van der Waals surface area contributed by atoms with Crippen molar-refractivity contribution in [2.45, 2.75) is 49.9 Å². The fourth-order valence-corrected chi connectivity index (χ4v) is 5.02. The normalized spacial score (nSPS) is 27.1. The quantitative estimate of drug-likeness (QED) is 0.695. The van der Waals surface area contributed by atoms with Crippen molar-refractivity contribution >= 4 is 0 Å². The predicted octanol–water partition coefficient (Wildman–Crippen LogP) is 5.15. The fourth-order valence-electron chi connectivity index (χ4n) is 5.02. The molecule has 1 saturated heterocycles. The third-order valence-corrected chi connectivity index (χ3v) is 6.91. The van der Waals surface area contributed by atoms with E-state index in [1.165, 1.54) is 24.3 Å². The molecule has 4 rings (SSSR count). The molecule has 2 aromatic rings. The van der Waals surface area contributed by atoms with Gasteiger partial charge < -0.3 is 5.32 Å². The first-order valence-electron chi connectivity index (χ1n) is 10.00. The van der Waals surface area contributed by atoms with E-state index in [1.807, 2.05) is 0 Å². The number of nitrogens with one attached hydrogen (secondary N) is 1. The van der Waals surface area contributed by atoms with Gasteiger partial charge in [-0.05, 0) is 68.3 Å². The second-order valence-corrected chi connectivity index (χ2v) is 8.79. The first kappa shape index (κ1) is 20.4. The Hall–Kier alpha value is -1.92. The Morgan fingerprint density at radius 2 is 1.72 bits per heavy atom. The Morgan fingerprint density at radius 3 is 2.38 bits per heavy atom. The molecule has 6 heteroatoms. The Balaban J connectivity index is 1.80. The summed E-state index contributed by atoms with van der Waals surface area (Å²) in [5.74, 6) is -0.407. The average molecular weight is 406 g/mol. The minimum absolute atomic E-state index is 0.0222. The molecule has 0 radical (unpaired) electrons. The number of hydrogen-bond acceptors (Lipinski definition) is 2. The summed E-state index contributed by atoms with van der Waals surface area (Å²) in [6.07, 6.45) is -3.67. The molecular weight excluding hydrogens is 380 g/mol. The summed E-state index contributed by atoms with van der Waals surface area (Å²) < 4.78 is 53.7. The van der Waals surface area contributed by atoms with Gasteiger partial charge in [0.1, 0.15) is 5.82 Å². The number of piperazine rings is 1. The van der Waals surface area contributed by atoms with Gasteiger partial charge in [-0.1, -0.05) is 18.2 Å². The van der Waals surface area contributed by atoms with Gasteiger partial charge in [0.15, 0.2) is 0 Å². The molecule has 1 aliphatic heterocycles. The van der Waals surface area contributed by atoms with Gasteiger partial charge in [-0.15, -0.1) is 0 Å². The summed E-state index contributed by atoms with van der Waals surface area (Å²) in [6.45, 7) is 5.98. The van der Waals surface area contributed by atoms with E-state index in [9.17, 15) is 17.6 Å². The average Bonchev–Trinajstić information content (AvgIpc) is 3.02. The van der Waals surface area contributed by atoms with Gasteiger partial charge in [0, 0.05) is 36.5 Å². The van der Waals surface area contributed by atoms with Crippen LogP contribution in [0.4, 0.5) is 17.6 Å². The van der Waals surface area contributed by atoms with Crippen LogP contribution in [0, 0.1) is 5.82 Å². The van der Waals surface area contributed by atoms with E-state index in [0.29, 0.717) is 6.42 Å². The summed E-state index contributed by atoms with van der Waals surface area (Å²) in [5, 5.41) is 3.58. The summed E-state index contributed by atoms with van der Waals surface area (Å²) >= 11 is 0. The second-order valence-electron chi connectivity index (χ2n) is 8.79. The van der Waals surface area contributed by atoms with Crippen molar-refractivity contribution in [1.29, 1.82) is 0 Å². The van der Waals surface area contributed by atoms with Crippen molar-refractivity contribution in [3.63, 3.8) is 0 Å². The topological polar surface area (TPSA) is 15.3 Å². The van der Waals surface area contributed by atoms with E-state index in [1.54, 1.807) is 18.2 Å². The fraction of sp³-hybridized carbons (Fsp3) is 0.478. The van der Waals surface area contributed by atoms with Crippen LogP contribution >= 0.6 is 0 Å². The van der Waals surface area contributed by atoms with Crippen LogP contribution in [0.15, 0.2) is 42.5 Å². The number of halogens is 4. The summed E-state index contributed by atoms with van der Waals surface area (Å²) in [4.78, 5) is 2.27. The van der Waals surface area contributed by atoms with E-state index >= 15 is 0 Å². The van der Waals surface area contributed by atoms with Gasteiger partial charge in [0.05, 0.1) is 5.56 Å². The lowest BCUT2D eigenvalue weighted by atomic mass is 9.78. The lowest BCUT2D eigenvalue weighted by Crippen LogP contribution is -2.64. The van der Waals surface area contributed by atoms with Crippen LogP contribution in [-0.4, -0.2) is 36.6 Å². The first-order chi connectivity index (χ1) is 13.6. The van der Waals surface area contributed by atoms with Crippen LogP contribution in [0.2, 0.25) is 0 Å². The Morgan fingerprint density at radius 1 is 1.03 bits per heavy atom. The molecule has 29 heavy (non-hydrogen) atoms. The number of alkyl halides is 3. The second kappa shape index (κ2) is 7.10. The molecule has 2 nitrogen and oxygen atoms in total. The highest BCUT2D eigenvalue weighted by Crippen LogP contribution is 2.50. The third-order valence-electron chi connectivity index (χ3n) is 6.91. The van der Waals surface area contributed by atoms with Gasteiger partial charge in [-0.25, -0.2) is 4.39 Å². The van der Waals surface area contributed by atoms with Crippen LogP contribution in [0.25, 0.3) is 0 Å². The summed E-state index contributed by atoms with van der Waals surface area (Å²) in [5.41, 5.74) is 1.81. The number of rotatable bonds is 2. The van der Waals surface area contributed by atoms with Crippen molar-refractivity contribution in [2.24, 2.45) is 0 Å². The molecule has 0 aromatic heterocycles. The van der Waals surface area contributed by atoms with Crippen LogP contribution in [-0.2, 0) is 6.18 Å². The van der Waals surface area contributed by atoms with E-state index in [4.69, 9.17) is 0 Å². The molecule has 0 saturated carbocycles. The van der Waals surface area contributed by atoms with E-state index < -0.39 is 11.7 Å². The molecule has 1 fully saturated rings. The number of fused-ring (bicyclic) bond motifs is 1. The van der Waals surface area contributed by atoms with Crippen molar-refractivity contribution in [2.75, 3.05) is 20.1 Å². The maximum absolute atomic E-state index is 13.4. The molecule has 0 spiro atoms.